The van der Waals surface area contributed by atoms with Crippen molar-refractivity contribution in [1.29, 1.82) is 0 Å². The molecule has 0 atom stereocenters. The fourth-order valence-electron chi connectivity index (χ4n) is 2.40. The molecule has 0 radical (unpaired) electrons. The Labute approximate surface area is 120 Å². The van der Waals surface area contributed by atoms with E-state index in [1.807, 2.05) is 23.1 Å². The smallest absolute Gasteiger partial charge is 0.254 e. The summed E-state index contributed by atoms with van der Waals surface area (Å²) in [5, 5.41) is 0. The highest BCUT2D eigenvalue weighted by Gasteiger charge is 2.26. The Morgan fingerprint density at radius 2 is 2.20 bits per heavy atom. The van der Waals surface area contributed by atoms with Crippen LogP contribution in [0.15, 0.2) is 18.2 Å². The van der Waals surface area contributed by atoms with Crippen LogP contribution >= 0.6 is 0 Å². The summed E-state index contributed by atoms with van der Waals surface area (Å²) in [7, 11) is 1.63. The van der Waals surface area contributed by atoms with Gasteiger partial charge in [-0.3, -0.25) is 4.79 Å². The Balaban J connectivity index is 2.06. The molecule has 3 heteroatoms. The topological polar surface area (TPSA) is 29.5 Å². The van der Waals surface area contributed by atoms with Gasteiger partial charge >= 0.3 is 0 Å². The summed E-state index contributed by atoms with van der Waals surface area (Å²) in [6.07, 6.45) is 3.43. The Morgan fingerprint density at radius 1 is 1.35 bits per heavy atom. The molecule has 0 aliphatic carbocycles. The minimum Gasteiger partial charge on any atom is -0.372 e. The standard InChI is InChI=1S/C17H21NO2/c1-3-4-5-10-18-13-15-12-14(7-6-11-20-2)8-9-16(15)17(18)19/h8-9,12H,3-5,10-11,13H2,1-2H3. The maximum atomic E-state index is 12.2. The van der Waals surface area contributed by atoms with Crippen molar-refractivity contribution >= 4 is 5.91 Å². The Bertz CT molecular complexity index is 540. The lowest BCUT2D eigenvalue weighted by molar-refractivity contribution is 0.0775. The summed E-state index contributed by atoms with van der Waals surface area (Å²) in [5.41, 5.74) is 2.87. The van der Waals surface area contributed by atoms with Gasteiger partial charge in [-0.1, -0.05) is 31.6 Å². The van der Waals surface area contributed by atoms with Crippen molar-refractivity contribution in [3.63, 3.8) is 0 Å². The first-order valence-electron chi connectivity index (χ1n) is 7.16. The van der Waals surface area contributed by atoms with E-state index in [9.17, 15) is 4.79 Å². The summed E-state index contributed by atoms with van der Waals surface area (Å²) in [6, 6.07) is 5.83. The second-order valence-corrected chi connectivity index (χ2v) is 5.04. The van der Waals surface area contributed by atoms with Crippen LogP contribution in [0.5, 0.6) is 0 Å². The Kier molecular flexibility index (Phi) is 5.20. The molecule has 0 fully saturated rings. The van der Waals surface area contributed by atoms with E-state index in [1.54, 1.807) is 7.11 Å². The number of ether oxygens (including phenoxy) is 1. The maximum absolute atomic E-state index is 12.2. The molecule has 0 bridgehead atoms. The zero-order valence-electron chi connectivity index (χ0n) is 12.2. The van der Waals surface area contributed by atoms with Crippen molar-refractivity contribution < 1.29 is 9.53 Å². The number of unbranched alkanes of at least 4 members (excludes halogenated alkanes) is 2. The maximum Gasteiger partial charge on any atom is 0.254 e. The average molecular weight is 271 g/mol. The second kappa shape index (κ2) is 7.12. The third kappa shape index (κ3) is 3.40. The van der Waals surface area contributed by atoms with Crippen LogP contribution in [0.3, 0.4) is 0 Å². The summed E-state index contributed by atoms with van der Waals surface area (Å²) < 4.78 is 4.91. The number of hydrogen-bond donors (Lipinski definition) is 0. The molecular weight excluding hydrogens is 250 g/mol. The van der Waals surface area contributed by atoms with Crippen LogP contribution in [0.25, 0.3) is 0 Å². The van der Waals surface area contributed by atoms with Gasteiger partial charge in [0, 0.05) is 31.3 Å². The van der Waals surface area contributed by atoms with Crippen LogP contribution in [0, 0.1) is 11.8 Å². The predicted octanol–water partition coefficient (Wildman–Crippen LogP) is 2.83. The summed E-state index contributed by atoms with van der Waals surface area (Å²) in [5.74, 6) is 6.15. The van der Waals surface area contributed by atoms with Gasteiger partial charge in [0.15, 0.2) is 0 Å². The number of methoxy groups -OCH3 is 1. The fraction of sp³-hybridized carbons (Fsp3) is 0.471. The van der Waals surface area contributed by atoms with E-state index in [0.717, 1.165) is 36.2 Å². The van der Waals surface area contributed by atoms with Gasteiger partial charge in [-0.15, -0.1) is 0 Å². The van der Waals surface area contributed by atoms with E-state index in [4.69, 9.17) is 4.74 Å². The van der Waals surface area contributed by atoms with Crippen LogP contribution in [-0.2, 0) is 11.3 Å². The quantitative estimate of drug-likeness (QED) is 0.609. The van der Waals surface area contributed by atoms with Gasteiger partial charge in [-0.25, -0.2) is 0 Å². The molecule has 0 unspecified atom stereocenters. The molecule has 1 amide bonds. The molecule has 0 N–H and O–H groups in total. The first-order valence-corrected chi connectivity index (χ1v) is 7.16. The van der Waals surface area contributed by atoms with Crippen molar-refractivity contribution in [2.45, 2.75) is 32.7 Å². The number of rotatable bonds is 5. The number of hydrogen-bond acceptors (Lipinski definition) is 2. The van der Waals surface area contributed by atoms with Gasteiger partial charge in [-0.05, 0) is 30.2 Å². The van der Waals surface area contributed by atoms with E-state index in [2.05, 4.69) is 18.8 Å². The zero-order valence-corrected chi connectivity index (χ0v) is 12.2. The highest BCUT2D eigenvalue weighted by atomic mass is 16.5. The van der Waals surface area contributed by atoms with Gasteiger partial charge in [0.2, 0.25) is 0 Å². The van der Waals surface area contributed by atoms with Crippen molar-refractivity contribution in [1.82, 2.24) is 4.90 Å². The molecular formula is C17H21NO2. The summed E-state index contributed by atoms with van der Waals surface area (Å²) >= 11 is 0. The minimum absolute atomic E-state index is 0.160. The normalized spacial score (nSPS) is 13.1. The molecule has 1 heterocycles. The molecule has 106 valence electrons. The van der Waals surface area contributed by atoms with E-state index in [-0.39, 0.29) is 5.91 Å². The molecule has 0 saturated carbocycles. The Hall–Kier alpha value is -1.79. The largest absolute Gasteiger partial charge is 0.372 e. The predicted molar refractivity (Wildman–Crippen MR) is 79.5 cm³/mol. The third-order valence-electron chi connectivity index (χ3n) is 3.46. The monoisotopic (exact) mass is 271 g/mol. The van der Waals surface area contributed by atoms with Crippen LogP contribution in [-0.4, -0.2) is 31.1 Å². The second-order valence-electron chi connectivity index (χ2n) is 5.04. The molecule has 2 rings (SSSR count). The third-order valence-corrected chi connectivity index (χ3v) is 3.46. The van der Waals surface area contributed by atoms with E-state index in [1.165, 1.54) is 12.8 Å². The number of carbonyl (C=O) groups is 1. The van der Waals surface area contributed by atoms with Crippen molar-refractivity contribution in [3.8, 4) is 11.8 Å². The number of fused-ring (bicyclic) bond motifs is 1. The molecule has 1 aliphatic heterocycles. The van der Waals surface area contributed by atoms with E-state index >= 15 is 0 Å². The fourth-order valence-corrected chi connectivity index (χ4v) is 2.40. The van der Waals surface area contributed by atoms with Crippen LogP contribution < -0.4 is 0 Å². The highest BCUT2D eigenvalue weighted by Crippen LogP contribution is 2.24. The minimum atomic E-state index is 0.160. The molecule has 0 aromatic heterocycles. The Morgan fingerprint density at radius 3 is 2.95 bits per heavy atom. The van der Waals surface area contributed by atoms with Gasteiger partial charge < -0.3 is 9.64 Å². The number of nitrogens with zero attached hydrogens (tertiary/aromatic N) is 1. The average Bonchev–Trinajstić information content (AvgIpc) is 2.76. The molecule has 0 spiro atoms. The molecule has 3 nitrogen and oxygen atoms in total. The van der Waals surface area contributed by atoms with Gasteiger partial charge in [0.25, 0.3) is 5.91 Å². The summed E-state index contributed by atoms with van der Waals surface area (Å²) in [6.45, 7) is 4.17. The van der Waals surface area contributed by atoms with Crippen molar-refractivity contribution in [2.75, 3.05) is 20.3 Å². The van der Waals surface area contributed by atoms with E-state index in [0.29, 0.717) is 6.61 Å². The lowest BCUT2D eigenvalue weighted by Crippen LogP contribution is -2.24. The first kappa shape index (κ1) is 14.6. The van der Waals surface area contributed by atoms with Crippen molar-refractivity contribution in [2.24, 2.45) is 0 Å². The number of amides is 1. The summed E-state index contributed by atoms with van der Waals surface area (Å²) in [4.78, 5) is 14.2. The molecule has 20 heavy (non-hydrogen) atoms. The molecule has 0 saturated heterocycles. The van der Waals surface area contributed by atoms with Gasteiger partial charge in [-0.2, -0.15) is 0 Å². The SMILES string of the molecule is CCCCCN1Cc2cc(C#CCOC)ccc2C1=O. The molecule has 1 aliphatic rings. The lowest BCUT2D eigenvalue weighted by atomic mass is 10.1. The molecule has 1 aromatic rings. The van der Waals surface area contributed by atoms with Crippen LogP contribution in [0.1, 0.15) is 47.7 Å². The number of carbonyl (C=O) groups excluding carboxylic acids is 1. The van der Waals surface area contributed by atoms with Crippen LogP contribution in [0.2, 0.25) is 0 Å². The number of benzene rings is 1. The molecule has 1 aromatic carbocycles. The first-order chi connectivity index (χ1) is 9.76. The zero-order chi connectivity index (χ0) is 14.4. The van der Waals surface area contributed by atoms with Gasteiger partial charge in [0.1, 0.15) is 6.61 Å². The van der Waals surface area contributed by atoms with Crippen molar-refractivity contribution in [3.05, 3.63) is 34.9 Å². The van der Waals surface area contributed by atoms with Crippen LogP contribution in [0.4, 0.5) is 0 Å². The lowest BCUT2D eigenvalue weighted by Gasteiger charge is -2.14. The van der Waals surface area contributed by atoms with E-state index < -0.39 is 0 Å². The highest BCUT2D eigenvalue weighted by molar-refractivity contribution is 5.98. The van der Waals surface area contributed by atoms with Gasteiger partial charge in [0.05, 0.1) is 0 Å².